The van der Waals surface area contributed by atoms with Crippen molar-refractivity contribution in [1.29, 1.82) is 10.5 Å². The Balaban J connectivity index is 2.23. The normalized spacial score (nSPS) is 17.6. The molecule has 106 valence electrons. The summed E-state index contributed by atoms with van der Waals surface area (Å²) in [5, 5.41) is 18.9. The lowest BCUT2D eigenvalue weighted by Crippen LogP contribution is -2.19. The van der Waals surface area contributed by atoms with Crippen molar-refractivity contribution in [2.75, 3.05) is 0 Å². The molecule has 0 aliphatic carbocycles. The number of nitrogens with two attached hydrogens (primary N) is 1. The van der Waals surface area contributed by atoms with Gasteiger partial charge in [0.1, 0.15) is 17.4 Å². The molecule has 1 aliphatic rings. The van der Waals surface area contributed by atoms with Gasteiger partial charge in [-0.3, -0.25) is 0 Å². The van der Waals surface area contributed by atoms with Gasteiger partial charge in [0.05, 0.1) is 23.8 Å². The highest BCUT2D eigenvalue weighted by Gasteiger charge is 2.35. The standard InChI is InChI=1S/C17H11N3O2/c18-9-12-15(14-7-4-8-21-14)13(10-19)17(20)22-16(12)11-5-2-1-3-6-11/h1-8,15H,20H2. The summed E-state index contributed by atoms with van der Waals surface area (Å²) in [5.74, 6) is 0.157. The maximum absolute atomic E-state index is 9.59. The zero-order valence-electron chi connectivity index (χ0n) is 11.5. The van der Waals surface area contributed by atoms with E-state index >= 15 is 0 Å². The third-order valence-corrected chi connectivity index (χ3v) is 3.40. The van der Waals surface area contributed by atoms with E-state index in [0.717, 1.165) is 5.56 Å². The summed E-state index contributed by atoms with van der Waals surface area (Å²) < 4.78 is 10.9. The van der Waals surface area contributed by atoms with Crippen LogP contribution in [0.3, 0.4) is 0 Å². The minimum Gasteiger partial charge on any atom is -0.468 e. The first-order valence-electron chi connectivity index (χ1n) is 6.57. The second-order valence-corrected chi connectivity index (χ2v) is 4.66. The molecule has 1 aromatic carbocycles. The number of furan rings is 1. The van der Waals surface area contributed by atoms with Gasteiger partial charge in [-0.25, -0.2) is 0 Å². The number of hydrogen-bond acceptors (Lipinski definition) is 5. The van der Waals surface area contributed by atoms with E-state index in [1.165, 1.54) is 6.26 Å². The fourth-order valence-electron chi connectivity index (χ4n) is 2.42. The highest BCUT2D eigenvalue weighted by Crippen LogP contribution is 2.41. The minimum atomic E-state index is -0.658. The van der Waals surface area contributed by atoms with Crippen molar-refractivity contribution in [2.45, 2.75) is 5.92 Å². The van der Waals surface area contributed by atoms with E-state index in [1.54, 1.807) is 12.1 Å². The average molecular weight is 289 g/mol. The third kappa shape index (κ3) is 2.11. The van der Waals surface area contributed by atoms with Crippen molar-refractivity contribution in [2.24, 2.45) is 5.73 Å². The van der Waals surface area contributed by atoms with Crippen molar-refractivity contribution in [3.8, 4) is 12.1 Å². The summed E-state index contributed by atoms with van der Waals surface area (Å²) in [6.45, 7) is 0. The first kappa shape index (κ1) is 13.5. The maximum Gasteiger partial charge on any atom is 0.205 e. The van der Waals surface area contributed by atoms with Crippen LogP contribution < -0.4 is 5.73 Å². The molecule has 0 amide bonds. The number of rotatable bonds is 2. The average Bonchev–Trinajstić information content (AvgIpc) is 3.08. The predicted octanol–water partition coefficient (Wildman–Crippen LogP) is 3.02. The Labute approximate surface area is 127 Å². The molecule has 1 aromatic heterocycles. The Morgan fingerprint density at radius 2 is 1.68 bits per heavy atom. The molecule has 0 radical (unpaired) electrons. The molecular weight excluding hydrogens is 278 g/mol. The van der Waals surface area contributed by atoms with Gasteiger partial charge in [-0.15, -0.1) is 0 Å². The zero-order valence-corrected chi connectivity index (χ0v) is 11.5. The van der Waals surface area contributed by atoms with Gasteiger partial charge < -0.3 is 14.9 Å². The van der Waals surface area contributed by atoms with Crippen LogP contribution in [0.25, 0.3) is 5.76 Å². The topological polar surface area (TPSA) is 96.0 Å². The van der Waals surface area contributed by atoms with Crippen molar-refractivity contribution in [1.82, 2.24) is 0 Å². The number of ether oxygens (including phenoxy) is 1. The fraction of sp³-hybridized carbons (Fsp3) is 0.0588. The van der Waals surface area contributed by atoms with E-state index in [9.17, 15) is 10.5 Å². The lowest BCUT2D eigenvalue weighted by Gasteiger charge is -2.24. The fourth-order valence-corrected chi connectivity index (χ4v) is 2.42. The maximum atomic E-state index is 9.59. The van der Waals surface area contributed by atoms with Crippen LogP contribution in [0, 0.1) is 22.7 Å². The number of allylic oxidation sites excluding steroid dienone is 2. The van der Waals surface area contributed by atoms with Crippen LogP contribution in [0.2, 0.25) is 0 Å². The molecule has 0 spiro atoms. The van der Waals surface area contributed by atoms with Gasteiger partial charge in [0.25, 0.3) is 0 Å². The van der Waals surface area contributed by atoms with Gasteiger partial charge in [-0.2, -0.15) is 10.5 Å². The highest BCUT2D eigenvalue weighted by molar-refractivity contribution is 5.73. The Kier molecular flexibility index (Phi) is 3.39. The van der Waals surface area contributed by atoms with E-state index in [-0.39, 0.29) is 11.5 Å². The van der Waals surface area contributed by atoms with Crippen LogP contribution >= 0.6 is 0 Å². The summed E-state index contributed by atoms with van der Waals surface area (Å²) in [4.78, 5) is 0. The minimum absolute atomic E-state index is 0.0123. The van der Waals surface area contributed by atoms with E-state index in [4.69, 9.17) is 14.9 Å². The predicted molar refractivity (Wildman–Crippen MR) is 78.3 cm³/mol. The second-order valence-electron chi connectivity index (χ2n) is 4.66. The number of nitrogens with zero attached hydrogens (tertiary/aromatic N) is 2. The van der Waals surface area contributed by atoms with Gasteiger partial charge in [-0.05, 0) is 12.1 Å². The Morgan fingerprint density at radius 1 is 0.955 bits per heavy atom. The van der Waals surface area contributed by atoms with Crippen LogP contribution in [-0.2, 0) is 4.74 Å². The quantitative estimate of drug-likeness (QED) is 0.916. The molecule has 0 saturated heterocycles. The molecule has 5 nitrogen and oxygen atoms in total. The molecule has 0 fully saturated rings. The molecule has 2 heterocycles. The van der Waals surface area contributed by atoms with Crippen molar-refractivity contribution in [3.05, 3.63) is 77.1 Å². The summed E-state index contributed by atoms with van der Waals surface area (Å²) in [6.07, 6.45) is 1.49. The molecule has 1 atom stereocenters. The monoisotopic (exact) mass is 289 g/mol. The first-order valence-corrected chi connectivity index (χ1v) is 6.57. The van der Waals surface area contributed by atoms with Crippen molar-refractivity contribution < 1.29 is 9.15 Å². The molecular formula is C17H11N3O2. The molecule has 3 rings (SSSR count). The summed E-state index contributed by atoms with van der Waals surface area (Å²) >= 11 is 0. The first-order chi connectivity index (χ1) is 10.8. The number of nitriles is 2. The van der Waals surface area contributed by atoms with E-state index < -0.39 is 5.92 Å². The van der Waals surface area contributed by atoms with Gasteiger partial charge in [0, 0.05) is 5.56 Å². The molecule has 5 heteroatoms. The number of hydrogen-bond donors (Lipinski definition) is 1. The Bertz CT molecular complexity index is 834. The molecule has 22 heavy (non-hydrogen) atoms. The summed E-state index contributed by atoms with van der Waals surface area (Å²) in [5.41, 5.74) is 7.07. The molecule has 1 unspecified atom stereocenters. The van der Waals surface area contributed by atoms with E-state index in [0.29, 0.717) is 17.1 Å². The van der Waals surface area contributed by atoms with E-state index in [2.05, 4.69) is 6.07 Å². The Morgan fingerprint density at radius 3 is 2.27 bits per heavy atom. The molecule has 2 aromatic rings. The number of benzene rings is 1. The van der Waals surface area contributed by atoms with E-state index in [1.807, 2.05) is 36.4 Å². The molecule has 2 N–H and O–H groups in total. The molecule has 0 saturated carbocycles. The lowest BCUT2D eigenvalue weighted by molar-refractivity contribution is 0.352. The zero-order chi connectivity index (χ0) is 15.5. The molecule has 1 aliphatic heterocycles. The smallest absolute Gasteiger partial charge is 0.205 e. The lowest BCUT2D eigenvalue weighted by atomic mass is 9.86. The van der Waals surface area contributed by atoms with Crippen LogP contribution in [0.1, 0.15) is 17.2 Å². The Hall–Kier alpha value is -3.44. The van der Waals surface area contributed by atoms with Gasteiger partial charge in [0.2, 0.25) is 5.88 Å². The van der Waals surface area contributed by atoms with Crippen LogP contribution in [-0.4, -0.2) is 0 Å². The van der Waals surface area contributed by atoms with Gasteiger partial charge >= 0.3 is 0 Å². The molecule has 0 bridgehead atoms. The summed E-state index contributed by atoms with van der Waals surface area (Å²) in [7, 11) is 0. The highest BCUT2D eigenvalue weighted by atomic mass is 16.5. The van der Waals surface area contributed by atoms with Crippen molar-refractivity contribution >= 4 is 5.76 Å². The summed E-state index contributed by atoms with van der Waals surface area (Å²) in [6, 6.07) is 16.7. The van der Waals surface area contributed by atoms with Crippen LogP contribution in [0.5, 0.6) is 0 Å². The third-order valence-electron chi connectivity index (χ3n) is 3.40. The van der Waals surface area contributed by atoms with Crippen molar-refractivity contribution in [3.63, 3.8) is 0 Å². The SMILES string of the molecule is N#CC1=C(N)OC(c2ccccc2)=C(C#N)C1c1ccco1. The largest absolute Gasteiger partial charge is 0.468 e. The van der Waals surface area contributed by atoms with Crippen LogP contribution in [0.4, 0.5) is 0 Å². The van der Waals surface area contributed by atoms with Crippen LogP contribution in [0.15, 0.2) is 70.2 Å². The van der Waals surface area contributed by atoms with Gasteiger partial charge in [-0.1, -0.05) is 30.3 Å². The van der Waals surface area contributed by atoms with Gasteiger partial charge in [0.15, 0.2) is 5.76 Å². The second kappa shape index (κ2) is 5.51.